The van der Waals surface area contributed by atoms with Crippen LogP contribution in [0.25, 0.3) is 0 Å². The van der Waals surface area contributed by atoms with Gasteiger partial charge in [-0.25, -0.2) is 4.90 Å². The number of aliphatic hydroxyl groups is 1. The van der Waals surface area contributed by atoms with Crippen LogP contribution >= 0.6 is 0 Å². The van der Waals surface area contributed by atoms with Gasteiger partial charge in [-0.15, -0.1) is 0 Å². The van der Waals surface area contributed by atoms with E-state index in [0.29, 0.717) is 37.3 Å². The van der Waals surface area contributed by atoms with Crippen molar-refractivity contribution in [3.8, 4) is 0 Å². The van der Waals surface area contributed by atoms with Gasteiger partial charge in [0.2, 0.25) is 0 Å². The van der Waals surface area contributed by atoms with E-state index in [9.17, 15) is 14.7 Å². The number of amides is 2. The Labute approximate surface area is 117 Å². The predicted octanol–water partition coefficient (Wildman–Crippen LogP) is 0.900. The van der Waals surface area contributed by atoms with Crippen LogP contribution in [0.15, 0.2) is 42.1 Å². The van der Waals surface area contributed by atoms with Crippen molar-refractivity contribution < 1.29 is 14.7 Å². The lowest BCUT2D eigenvalue weighted by molar-refractivity contribution is -0.121. The number of hydrogen-bond acceptors (Lipinski definition) is 4. The van der Waals surface area contributed by atoms with E-state index < -0.39 is 0 Å². The average molecular weight is 272 g/mol. The van der Waals surface area contributed by atoms with Crippen molar-refractivity contribution in [1.82, 2.24) is 4.90 Å². The number of hydrogen-bond donors (Lipinski definition) is 1. The van der Waals surface area contributed by atoms with Crippen molar-refractivity contribution in [3.05, 3.63) is 42.1 Å². The second-order valence-corrected chi connectivity index (χ2v) is 5.06. The molecule has 5 nitrogen and oxygen atoms in total. The molecule has 0 saturated carbocycles. The lowest BCUT2D eigenvalue weighted by Crippen LogP contribution is -2.40. The van der Waals surface area contributed by atoms with Crippen LogP contribution in [0.3, 0.4) is 0 Å². The van der Waals surface area contributed by atoms with Crippen molar-refractivity contribution in [2.45, 2.75) is 18.9 Å². The molecule has 0 aliphatic carbocycles. The van der Waals surface area contributed by atoms with E-state index in [-0.39, 0.29) is 17.9 Å². The van der Waals surface area contributed by atoms with Crippen molar-refractivity contribution >= 4 is 17.5 Å². The number of piperidine rings is 1. The van der Waals surface area contributed by atoms with E-state index in [1.165, 1.54) is 11.0 Å². The zero-order chi connectivity index (χ0) is 14.1. The predicted molar refractivity (Wildman–Crippen MR) is 73.8 cm³/mol. The Kier molecular flexibility index (Phi) is 3.28. The lowest BCUT2D eigenvalue weighted by atomic mass is 10.1. The topological polar surface area (TPSA) is 60.9 Å². The number of carbonyl (C=O) groups is 2. The molecule has 2 heterocycles. The van der Waals surface area contributed by atoms with Crippen LogP contribution in [0, 0.1) is 0 Å². The van der Waals surface area contributed by atoms with E-state index in [1.807, 2.05) is 11.0 Å². The summed E-state index contributed by atoms with van der Waals surface area (Å²) >= 11 is 0. The quantitative estimate of drug-likeness (QED) is 0.813. The zero-order valence-corrected chi connectivity index (χ0v) is 11.0. The molecule has 1 saturated heterocycles. The third-order valence-corrected chi connectivity index (χ3v) is 3.72. The van der Waals surface area contributed by atoms with Crippen molar-refractivity contribution in [1.29, 1.82) is 0 Å². The van der Waals surface area contributed by atoms with E-state index in [1.54, 1.807) is 24.3 Å². The first-order valence-corrected chi connectivity index (χ1v) is 6.75. The Morgan fingerprint density at radius 2 is 1.70 bits per heavy atom. The molecule has 0 unspecified atom stereocenters. The number of likely N-dealkylation sites (tertiary alicyclic amines) is 1. The molecular weight excluding hydrogens is 256 g/mol. The van der Waals surface area contributed by atoms with Crippen LogP contribution in [0.2, 0.25) is 0 Å². The van der Waals surface area contributed by atoms with E-state index in [4.69, 9.17) is 0 Å². The summed E-state index contributed by atoms with van der Waals surface area (Å²) in [6.45, 7) is 1.21. The van der Waals surface area contributed by atoms with Crippen molar-refractivity contribution in [2.24, 2.45) is 0 Å². The minimum Gasteiger partial charge on any atom is -0.393 e. The van der Waals surface area contributed by atoms with Gasteiger partial charge in [0.25, 0.3) is 11.8 Å². The number of benzene rings is 1. The largest absolute Gasteiger partial charge is 0.393 e. The molecule has 2 amide bonds. The van der Waals surface area contributed by atoms with E-state index in [0.717, 1.165) is 0 Å². The summed E-state index contributed by atoms with van der Waals surface area (Å²) in [5, 5.41) is 9.51. The first kappa shape index (κ1) is 12.9. The van der Waals surface area contributed by atoms with Gasteiger partial charge in [-0.3, -0.25) is 9.59 Å². The third kappa shape index (κ3) is 2.20. The number of rotatable bonds is 2. The van der Waals surface area contributed by atoms with Gasteiger partial charge in [0, 0.05) is 19.2 Å². The summed E-state index contributed by atoms with van der Waals surface area (Å²) in [6, 6.07) is 8.92. The molecule has 20 heavy (non-hydrogen) atoms. The molecular formula is C15H16N2O3. The van der Waals surface area contributed by atoms with Crippen LogP contribution < -0.4 is 4.90 Å². The average Bonchev–Trinajstić information content (AvgIpc) is 2.76. The highest BCUT2D eigenvalue weighted by Gasteiger charge is 2.36. The molecule has 1 fully saturated rings. The second kappa shape index (κ2) is 5.09. The second-order valence-electron chi connectivity index (χ2n) is 5.06. The van der Waals surface area contributed by atoms with Gasteiger partial charge in [-0.2, -0.15) is 0 Å². The molecule has 0 radical (unpaired) electrons. The Morgan fingerprint density at radius 3 is 2.35 bits per heavy atom. The first-order chi connectivity index (χ1) is 9.66. The van der Waals surface area contributed by atoms with Gasteiger partial charge >= 0.3 is 0 Å². The summed E-state index contributed by atoms with van der Waals surface area (Å²) in [5.41, 5.74) is 1.02. The zero-order valence-electron chi connectivity index (χ0n) is 11.0. The fourth-order valence-corrected chi connectivity index (χ4v) is 2.61. The van der Waals surface area contributed by atoms with Crippen molar-refractivity contribution in [3.63, 3.8) is 0 Å². The van der Waals surface area contributed by atoms with Crippen LogP contribution in [0.5, 0.6) is 0 Å². The number of para-hydroxylation sites is 1. The molecule has 1 aromatic rings. The highest BCUT2D eigenvalue weighted by molar-refractivity contribution is 6.30. The highest BCUT2D eigenvalue weighted by Crippen LogP contribution is 2.26. The maximum atomic E-state index is 12.4. The van der Waals surface area contributed by atoms with Crippen molar-refractivity contribution in [2.75, 3.05) is 18.0 Å². The van der Waals surface area contributed by atoms with Crippen LogP contribution in [-0.2, 0) is 9.59 Å². The summed E-state index contributed by atoms with van der Waals surface area (Å²) in [6.07, 6.45) is 2.35. The summed E-state index contributed by atoms with van der Waals surface area (Å²) in [4.78, 5) is 27.6. The molecule has 2 aliphatic rings. The van der Waals surface area contributed by atoms with Crippen LogP contribution in [0.1, 0.15) is 12.8 Å². The van der Waals surface area contributed by atoms with Gasteiger partial charge < -0.3 is 10.0 Å². The lowest BCUT2D eigenvalue weighted by Gasteiger charge is -2.31. The van der Waals surface area contributed by atoms with Gasteiger partial charge in [0.15, 0.2) is 0 Å². The summed E-state index contributed by atoms with van der Waals surface area (Å²) in [7, 11) is 0. The van der Waals surface area contributed by atoms with Crippen LogP contribution in [0.4, 0.5) is 5.69 Å². The Balaban J connectivity index is 1.81. The molecule has 1 aromatic carbocycles. The van der Waals surface area contributed by atoms with Gasteiger partial charge in [-0.05, 0) is 25.0 Å². The summed E-state index contributed by atoms with van der Waals surface area (Å²) < 4.78 is 0. The third-order valence-electron chi connectivity index (χ3n) is 3.72. The molecule has 0 bridgehead atoms. The number of carbonyl (C=O) groups excluding carboxylic acids is 2. The standard InChI is InChI=1S/C15H16N2O3/c18-12-6-8-16(9-7-12)13-10-14(19)17(15(13)20)11-4-2-1-3-5-11/h1-5,10,12,18H,6-9H2. The Bertz CT molecular complexity index is 560. The minimum atomic E-state index is -0.303. The maximum Gasteiger partial charge on any atom is 0.281 e. The van der Waals surface area contributed by atoms with E-state index in [2.05, 4.69) is 0 Å². The molecule has 0 spiro atoms. The Hall–Kier alpha value is -2.14. The number of aliphatic hydroxyl groups excluding tert-OH is 1. The highest BCUT2D eigenvalue weighted by atomic mass is 16.3. The number of nitrogens with zero attached hydrogens (tertiary/aromatic N) is 2. The van der Waals surface area contributed by atoms with Crippen LogP contribution in [-0.4, -0.2) is 41.0 Å². The fraction of sp³-hybridized carbons (Fsp3) is 0.333. The smallest absolute Gasteiger partial charge is 0.281 e. The molecule has 1 N–H and O–H groups in total. The van der Waals surface area contributed by atoms with E-state index >= 15 is 0 Å². The Morgan fingerprint density at radius 1 is 1.05 bits per heavy atom. The van der Waals surface area contributed by atoms with Gasteiger partial charge in [0.05, 0.1) is 11.8 Å². The molecule has 3 rings (SSSR count). The SMILES string of the molecule is O=C1C=C(N2CCC(O)CC2)C(=O)N1c1ccccc1. The maximum absolute atomic E-state index is 12.4. The molecule has 5 heteroatoms. The summed E-state index contributed by atoms with van der Waals surface area (Å²) in [5.74, 6) is -0.583. The number of imide groups is 1. The molecule has 2 aliphatic heterocycles. The first-order valence-electron chi connectivity index (χ1n) is 6.75. The number of anilines is 1. The molecule has 0 aromatic heterocycles. The normalized spacial score (nSPS) is 20.6. The van der Waals surface area contributed by atoms with Gasteiger partial charge in [0.1, 0.15) is 5.70 Å². The monoisotopic (exact) mass is 272 g/mol. The minimum absolute atomic E-state index is 0.280. The fourth-order valence-electron chi connectivity index (χ4n) is 2.61. The molecule has 104 valence electrons. The van der Waals surface area contributed by atoms with Gasteiger partial charge in [-0.1, -0.05) is 18.2 Å². The molecule has 0 atom stereocenters.